The van der Waals surface area contributed by atoms with Gasteiger partial charge in [0.2, 0.25) is 0 Å². The van der Waals surface area contributed by atoms with Gasteiger partial charge < -0.3 is 14.8 Å². The zero-order valence-electron chi connectivity index (χ0n) is 13.1. The van der Waals surface area contributed by atoms with Crippen molar-refractivity contribution in [1.29, 1.82) is 0 Å². The molecule has 2 aromatic carbocycles. The topological polar surface area (TPSA) is 47.6 Å². The summed E-state index contributed by atoms with van der Waals surface area (Å²) in [5, 5.41) is 3.41. The number of anilines is 1. The van der Waals surface area contributed by atoms with Gasteiger partial charge >= 0.3 is 5.97 Å². The molecule has 2 aromatic rings. The molecule has 22 heavy (non-hydrogen) atoms. The summed E-state index contributed by atoms with van der Waals surface area (Å²) in [6, 6.07) is 17.3. The van der Waals surface area contributed by atoms with Gasteiger partial charge in [0.15, 0.2) is 0 Å². The van der Waals surface area contributed by atoms with Gasteiger partial charge in [-0.2, -0.15) is 0 Å². The number of carbonyl (C=O) groups excluding carboxylic acids is 1. The Morgan fingerprint density at radius 3 is 2.18 bits per heavy atom. The number of rotatable bonds is 6. The summed E-state index contributed by atoms with van der Waals surface area (Å²) in [5.74, 6) is 0.243. The van der Waals surface area contributed by atoms with E-state index >= 15 is 0 Å². The first-order valence-corrected chi connectivity index (χ1v) is 7.19. The maximum Gasteiger partial charge on any atom is 0.310 e. The van der Waals surface area contributed by atoms with Gasteiger partial charge in [0.05, 0.1) is 26.2 Å². The van der Waals surface area contributed by atoms with Crippen molar-refractivity contribution in [3.8, 4) is 5.75 Å². The second-order valence-electron chi connectivity index (χ2n) is 5.07. The standard InChI is InChI=1S/C18H21NO3/c1-13(18(20)22-3)17(14-7-5-4-6-8-14)19-15-9-11-16(21-2)12-10-15/h4-13,17,19H,1-3H3. The smallest absolute Gasteiger partial charge is 0.310 e. The molecule has 0 aromatic heterocycles. The molecule has 0 radical (unpaired) electrons. The largest absolute Gasteiger partial charge is 0.497 e. The third-order valence-corrected chi connectivity index (χ3v) is 3.64. The van der Waals surface area contributed by atoms with Crippen LogP contribution in [-0.2, 0) is 9.53 Å². The average Bonchev–Trinajstić information content (AvgIpc) is 2.59. The summed E-state index contributed by atoms with van der Waals surface area (Å²) in [6.45, 7) is 1.86. The number of hydrogen-bond acceptors (Lipinski definition) is 4. The summed E-state index contributed by atoms with van der Waals surface area (Å²) in [7, 11) is 3.04. The van der Waals surface area contributed by atoms with Crippen LogP contribution in [0.15, 0.2) is 54.6 Å². The normalized spacial score (nSPS) is 13.0. The summed E-state index contributed by atoms with van der Waals surface area (Å²) < 4.78 is 10.0. The van der Waals surface area contributed by atoms with Gasteiger partial charge in [-0.1, -0.05) is 30.3 Å². The Labute approximate surface area is 131 Å². The zero-order valence-corrected chi connectivity index (χ0v) is 13.1. The van der Waals surface area contributed by atoms with Gasteiger partial charge in [0, 0.05) is 5.69 Å². The maximum atomic E-state index is 11.9. The monoisotopic (exact) mass is 299 g/mol. The Morgan fingerprint density at radius 1 is 1.00 bits per heavy atom. The van der Waals surface area contributed by atoms with Crippen LogP contribution in [0.1, 0.15) is 18.5 Å². The van der Waals surface area contributed by atoms with Crippen LogP contribution in [0.3, 0.4) is 0 Å². The van der Waals surface area contributed by atoms with Crippen molar-refractivity contribution in [2.24, 2.45) is 5.92 Å². The summed E-state index contributed by atoms with van der Waals surface area (Å²) in [4.78, 5) is 11.9. The summed E-state index contributed by atoms with van der Waals surface area (Å²) in [5.41, 5.74) is 1.96. The molecule has 0 spiro atoms. The second kappa shape index (κ2) is 7.50. The number of hydrogen-bond donors (Lipinski definition) is 1. The minimum absolute atomic E-state index is 0.165. The molecule has 0 saturated heterocycles. The Morgan fingerprint density at radius 2 is 1.64 bits per heavy atom. The number of esters is 1. The minimum Gasteiger partial charge on any atom is -0.497 e. The first-order chi connectivity index (χ1) is 10.7. The van der Waals surface area contributed by atoms with E-state index in [9.17, 15) is 4.79 Å². The quantitative estimate of drug-likeness (QED) is 0.827. The van der Waals surface area contributed by atoms with E-state index in [0.29, 0.717) is 0 Å². The molecule has 0 fully saturated rings. The molecule has 2 atom stereocenters. The van der Waals surface area contributed by atoms with Crippen LogP contribution in [0.25, 0.3) is 0 Å². The van der Waals surface area contributed by atoms with Crippen LogP contribution in [-0.4, -0.2) is 20.2 Å². The molecular weight excluding hydrogens is 278 g/mol. The van der Waals surface area contributed by atoms with E-state index in [1.54, 1.807) is 7.11 Å². The number of carbonyl (C=O) groups is 1. The van der Waals surface area contributed by atoms with Crippen LogP contribution < -0.4 is 10.1 Å². The predicted octanol–water partition coefficient (Wildman–Crippen LogP) is 3.66. The Hall–Kier alpha value is -2.49. The van der Waals surface area contributed by atoms with Gasteiger partial charge in [0.25, 0.3) is 0 Å². The first kappa shape index (κ1) is 15.9. The van der Waals surface area contributed by atoms with Crippen molar-refractivity contribution in [2.75, 3.05) is 19.5 Å². The Kier molecular flexibility index (Phi) is 5.42. The number of methoxy groups -OCH3 is 2. The Balaban J connectivity index is 2.25. The van der Waals surface area contributed by atoms with E-state index in [1.165, 1.54) is 7.11 Å². The number of nitrogens with one attached hydrogen (secondary N) is 1. The highest BCUT2D eigenvalue weighted by Crippen LogP contribution is 2.28. The van der Waals surface area contributed by atoms with Crippen molar-refractivity contribution in [3.05, 3.63) is 60.2 Å². The lowest BCUT2D eigenvalue weighted by atomic mass is 9.94. The number of ether oxygens (including phenoxy) is 2. The van der Waals surface area contributed by atoms with E-state index in [1.807, 2.05) is 61.5 Å². The third kappa shape index (κ3) is 3.79. The van der Waals surface area contributed by atoms with Crippen molar-refractivity contribution in [2.45, 2.75) is 13.0 Å². The fourth-order valence-corrected chi connectivity index (χ4v) is 2.35. The highest BCUT2D eigenvalue weighted by Gasteiger charge is 2.26. The highest BCUT2D eigenvalue weighted by molar-refractivity contribution is 5.74. The van der Waals surface area contributed by atoms with Gasteiger partial charge in [-0.05, 0) is 36.8 Å². The fourth-order valence-electron chi connectivity index (χ4n) is 2.35. The van der Waals surface area contributed by atoms with E-state index in [0.717, 1.165) is 17.0 Å². The van der Waals surface area contributed by atoms with Crippen molar-refractivity contribution < 1.29 is 14.3 Å². The van der Waals surface area contributed by atoms with Crippen LogP contribution >= 0.6 is 0 Å². The molecule has 2 rings (SSSR count). The second-order valence-corrected chi connectivity index (χ2v) is 5.07. The van der Waals surface area contributed by atoms with Crippen LogP contribution in [0.5, 0.6) is 5.75 Å². The van der Waals surface area contributed by atoms with Crippen LogP contribution in [0.4, 0.5) is 5.69 Å². The fraction of sp³-hybridized carbons (Fsp3) is 0.278. The van der Waals surface area contributed by atoms with Gasteiger partial charge in [-0.25, -0.2) is 0 Å². The van der Waals surface area contributed by atoms with Crippen LogP contribution in [0.2, 0.25) is 0 Å². The minimum atomic E-state index is -0.311. The lowest BCUT2D eigenvalue weighted by molar-refractivity contribution is -0.145. The average molecular weight is 299 g/mol. The predicted molar refractivity (Wildman–Crippen MR) is 87.0 cm³/mol. The molecule has 116 valence electrons. The molecule has 0 aliphatic rings. The van der Waals surface area contributed by atoms with Crippen molar-refractivity contribution in [1.82, 2.24) is 0 Å². The maximum absolute atomic E-state index is 11.9. The summed E-state index contributed by atoms with van der Waals surface area (Å²) >= 11 is 0. The first-order valence-electron chi connectivity index (χ1n) is 7.19. The van der Waals surface area contributed by atoms with E-state index in [4.69, 9.17) is 9.47 Å². The molecule has 4 heteroatoms. The molecule has 0 amide bonds. The van der Waals surface area contributed by atoms with E-state index < -0.39 is 0 Å². The summed E-state index contributed by atoms with van der Waals surface area (Å²) in [6.07, 6.45) is 0. The van der Waals surface area contributed by atoms with Crippen molar-refractivity contribution >= 4 is 11.7 Å². The lowest BCUT2D eigenvalue weighted by Gasteiger charge is -2.25. The Bertz CT molecular complexity index is 595. The van der Waals surface area contributed by atoms with Gasteiger partial charge in [-0.15, -0.1) is 0 Å². The van der Waals surface area contributed by atoms with Gasteiger partial charge in [-0.3, -0.25) is 4.79 Å². The van der Waals surface area contributed by atoms with E-state index in [2.05, 4.69) is 5.32 Å². The molecule has 0 bridgehead atoms. The molecule has 0 heterocycles. The van der Waals surface area contributed by atoms with Crippen LogP contribution in [0, 0.1) is 5.92 Å². The lowest BCUT2D eigenvalue weighted by Crippen LogP contribution is -2.26. The molecule has 0 aliphatic heterocycles. The molecule has 0 saturated carbocycles. The molecule has 1 N–H and O–H groups in total. The van der Waals surface area contributed by atoms with Gasteiger partial charge in [0.1, 0.15) is 5.75 Å². The zero-order chi connectivity index (χ0) is 15.9. The molecule has 2 unspecified atom stereocenters. The number of benzene rings is 2. The molecule has 4 nitrogen and oxygen atoms in total. The third-order valence-electron chi connectivity index (χ3n) is 3.64. The van der Waals surface area contributed by atoms with Crippen molar-refractivity contribution in [3.63, 3.8) is 0 Å². The van der Waals surface area contributed by atoms with E-state index in [-0.39, 0.29) is 17.9 Å². The SMILES string of the molecule is COC(=O)C(C)C(Nc1ccc(OC)cc1)c1ccccc1. The molecule has 0 aliphatic carbocycles. The molecular formula is C18H21NO3. The highest BCUT2D eigenvalue weighted by atomic mass is 16.5.